The van der Waals surface area contributed by atoms with Crippen LogP contribution in [-0.4, -0.2) is 52.8 Å². The first kappa shape index (κ1) is 21.9. The normalized spacial score (nSPS) is 18.2. The second-order valence-corrected chi connectivity index (χ2v) is 9.63. The molecular weight excluding hydrogens is 413 g/mol. The van der Waals surface area contributed by atoms with Crippen LogP contribution in [0.3, 0.4) is 0 Å². The third kappa shape index (κ3) is 5.32. The second-order valence-electron chi connectivity index (χ2n) is 8.74. The number of halogens is 1. The summed E-state index contributed by atoms with van der Waals surface area (Å²) in [6.07, 6.45) is 7.85. The molecule has 166 valence electrons. The number of hydrogen-bond donors (Lipinski definition) is 0. The Morgan fingerprint density at radius 3 is 2.45 bits per heavy atom. The van der Waals surface area contributed by atoms with Crippen molar-refractivity contribution in [1.29, 1.82) is 0 Å². The number of likely N-dealkylation sites (tertiary alicyclic amines) is 1. The molecule has 0 atom stereocenters. The van der Waals surface area contributed by atoms with Crippen molar-refractivity contribution in [2.24, 2.45) is 0 Å². The van der Waals surface area contributed by atoms with E-state index in [0.29, 0.717) is 37.2 Å². The molecule has 0 N–H and O–H groups in total. The number of carbonyl (C=O) groups is 2. The summed E-state index contributed by atoms with van der Waals surface area (Å²) in [7, 11) is 1.91. The fourth-order valence-electron chi connectivity index (χ4n) is 4.65. The van der Waals surface area contributed by atoms with Crippen LogP contribution in [0.4, 0.5) is 4.39 Å². The Kier molecular flexibility index (Phi) is 7.00. The summed E-state index contributed by atoms with van der Waals surface area (Å²) in [4.78, 5) is 33.9. The van der Waals surface area contributed by atoms with Gasteiger partial charge in [0.1, 0.15) is 11.5 Å². The highest BCUT2D eigenvalue weighted by molar-refractivity contribution is 7.09. The molecule has 0 radical (unpaired) electrons. The SMILES string of the molecule is CN(C(=O)c1csc(C2CCN(C(=O)Cc3ccc(F)cc3)CC2)n1)C1CCCCC1. The van der Waals surface area contributed by atoms with Crippen LogP contribution in [0.5, 0.6) is 0 Å². The highest BCUT2D eigenvalue weighted by Gasteiger charge is 2.28. The number of nitrogens with zero attached hydrogens (tertiary/aromatic N) is 3. The topological polar surface area (TPSA) is 53.5 Å². The van der Waals surface area contributed by atoms with E-state index in [9.17, 15) is 14.0 Å². The zero-order valence-electron chi connectivity index (χ0n) is 18.1. The molecule has 7 heteroatoms. The van der Waals surface area contributed by atoms with Gasteiger partial charge in [-0.15, -0.1) is 11.3 Å². The number of amides is 2. The molecule has 1 aromatic carbocycles. The molecule has 1 aliphatic carbocycles. The average molecular weight is 444 g/mol. The van der Waals surface area contributed by atoms with Gasteiger partial charge in [0.05, 0.1) is 11.4 Å². The Labute approximate surface area is 187 Å². The van der Waals surface area contributed by atoms with Crippen molar-refractivity contribution in [3.05, 3.63) is 51.7 Å². The van der Waals surface area contributed by atoms with Crippen LogP contribution in [0, 0.1) is 5.82 Å². The van der Waals surface area contributed by atoms with Gasteiger partial charge in [0.25, 0.3) is 5.91 Å². The average Bonchev–Trinajstić information content (AvgIpc) is 3.30. The van der Waals surface area contributed by atoms with Crippen LogP contribution in [0.15, 0.2) is 29.6 Å². The maximum atomic E-state index is 13.0. The number of rotatable bonds is 5. The molecular formula is C24H30FN3O2S. The van der Waals surface area contributed by atoms with E-state index in [1.807, 2.05) is 22.2 Å². The summed E-state index contributed by atoms with van der Waals surface area (Å²) < 4.78 is 13.0. The van der Waals surface area contributed by atoms with Gasteiger partial charge in [-0.2, -0.15) is 0 Å². The molecule has 2 fully saturated rings. The van der Waals surface area contributed by atoms with Crippen molar-refractivity contribution >= 4 is 23.2 Å². The largest absolute Gasteiger partial charge is 0.342 e. The molecule has 2 aliphatic rings. The van der Waals surface area contributed by atoms with Gasteiger partial charge >= 0.3 is 0 Å². The van der Waals surface area contributed by atoms with E-state index in [-0.39, 0.29) is 17.6 Å². The Balaban J connectivity index is 1.30. The summed E-state index contributed by atoms with van der Waals surface area (Å²) in [6, 6.07) is 6.45. The predicted octanol–water partition coefficient (Wildman–Crippen LogP) is 4.64. The molecule has 1 saturated heterocycles. The highest BCUT2D eigenvalue weighted by atomic mass is 32.1. The number of thiazole rings is 1. The van der Waals surface area contributed by atoms with Gasteiger partial charge in [-0.3, -0.25) is 9.59 Å². The van der Waals surface area contributed by atoms with Crippen molar-refractivity contribution in [3.63, 3.8) is 0 Å². The van der Waals surface area contributed by atoms with Crippen LogP contribution < -0.4 is 0 Å². The summed E-state index contributed by atoms with van der Waals surface area (Å²) in [5.74, 6) is 0.111. The number of carbonyl (C=O) groups excluding carboxylic acids is 2. The van der Waals surface area contributed by atoms with Gasteiger partial charge in [0.15, 0.2) is 0 Å². The van der Waals surface area contributed by atoms with Crippen molar-refractivity contribution < 1.29 is 14.0 Å². The molecule has 2 aromatic rings. The molecule has 4 rings (SSSR count). The summed E-state index contributed by atoms with van der Waals surface area (Å²) >= 11 is 1.56. The minimum absolute atomic E-state index is 0.0290. The first-order valence-corrected chi connectivity index (χ1v) is 12.1. The van der Waals surface area contributed by atoms with Gasteiger partial charge in [-0.1, -0.05) is 31.4 Å². The van der Waals surface area contributed by atoms with Crippen molar-refractivity contribution in [2.45, 2.75) is 63.3 Å². The molecule has 1 saturated carbocycles. The lowest BCUT2D eigenvalue weighted by Crippen LogP contribution is -2.39. The Morgan fingerprint density at radius 1 is 1.10 bits per heavy atom. The van der Waals surface area contributed by atoms with Crippen LogP contribution in [0.1, 0.15) is 71.9 Å². The minimum Gasteiger partial charge on any atom is -0.342 e. The Morgan fingerprint density at radius 2 is 1.77 bits per heavy atom. The monoisotopic (exact) mass is 443 g/mol. The molecule has 0 spiro atoms. The zero-order chi connectivity index (χ0) is 21.8. The molecule has 1 aromatic heterocycles. The lowest BCUT2D eigenvalue weighted by Gasteiger charge is -2.31. The van der Waals surface area contributed by atoms with Gasteiger partial charge in [0.2, 0.25) is 5.91 Å². The number of benzene rings is 1. The maximum absolute atomic E-state index is 13.0. The zero-order valence-corrected chi connectivity index (χ0v) is 18.9. The standard InChI is InChI=1S/C24H30FN3O2S/c1-27(20-5-3-2-4-6-20)24(30)21-16-31-23(26-21)18-11-13-28(14-12-18)22(29)15-17-7-9-19(25)10-8-17/h7-10,16,18,20H,2-6,11-15H2,1H3. The lowest BCUT2D eigenvalue weighted by atomic mass is 9.94. The third-order valence-electron chi connectivity index (χ3n) is 6.65. The fraction of sp³-hybridized carbons (Fsp3) is 0.542. The van der Waals surface area contributed by atoms with E-state index in [1.54, 1.807) is 23.5 Å². The van der Waals surface area contributed by atoms with E-state index in [1.165, 1.54) is 31.4 Å². The first-order chi connectivity index (χ1) is 15.0. The van der Waals surface area contributed by atoms with E-state index < -0.39 is 0 Å². The van der Waals surface area contributed by atoms with E-state index in [4.69, 9.17) is 0 Å². The van der Waals surface area contributed by atoms with Gasteiger partial charge in [-0.25, -0.2) is 9.37 Å². The number of aromatic nitrogens is 1. The quantitative estimate of drug-likeness (QED) is 0.677. The van der Waals surface area contributed by atoms with Gasteiger partial charge < -0.3 is 9.80 Å². The fourth-order valence-corrected chi connectivity index (χ4v) is 5.62. The first-order valence-electron chi connectivity index (χ1n) is 11.3. The molecule has 1 aliphatic heterocycles. The number of hydrogen-bond acceptors (Lipinski definition) is 4. The van der Waals surface area contributed by atoms with E-state index >= 15 is 0 Å². The third-order valence-corrected chi connectivity index (χ3v) is 7.66. The van der Waals surface area contributed by atoms with E-state index in [0.717, 1.165) is 36.3 Å². The second kappa shape index (κ2) is 9.90. The summed E-state index contributed by atoms with van der Waals surface area (Å²) in [5, 5.41) is 2.90. The van der Waals surface area contributed by atoms with Crippen LogP contribution in [0.2, 0.25) is 0 Å². The minimum atomic E-state index is -0.289. The Hall–Kier alpha value is -2.28. The van der Waals surface area contributed by atoms with E-state index in [2.05, 4.69) is 4.98 Å². The smallest absolute Gasteiger partial charge is 0.273 e. The molecule has 31 heavy (non-hydrogen) atoms. The highest BCUT2D eigenvalue weighted by Crippen LogP contribution is 2.31. The molecule has 2 amide bonds. The maximum Gasteiger partial charge on any atom is 0.273 e. The van der Waals surface area contributed by atoms with Crippen LogP contribution in [-0.2, 0) is 11.2 Å². The number of piperidine rings is 1. The molecule has 5 nitrogen and oxygen atoms in total. The van der Waals surface area contributed by atoms with Gasteiger partial charge in [0, 0.05) is 37.5 Å². The van der Waals surface area contributed by atoms with Crippen LogP contribution in [0.25, 0.3) is 0 Å². The van der Waals surface area contributed by atoms with Gasteiger partial charge in [-0.05, 0) is 43.4 Å². The summed E-state index contributed by atoms with van der Waals surface area (Å²) in [5.41, 5.74) is 1.39. The van der Waals surface area contributed by atoms with Crippen LogP contribution >= 0.6 is 11.3 Å². The summed E-state index contributed by atoms with van der Waals surface area (Å²) in [6.45, 7) is 1.38. The van der Waals surface area contributed by atoms with Crippen molar-refractivity contribution in [2.75, 3.05) is 20.1 Å². The molecule has 0 unspecified atom stereocenters. The van der Waals surface area contributed by atoms with Crippen molar-refractivity contribution in [3.8, 4) is 0 Å². The Bertz CT molecular complexity index is 900. The predicted molar refractivity (Wildman–Crippen MR) is 120 cm³/mol. The van der Waals surface area contributed by atoms with Crippen molar-refractivity contribution in [1.82, 2.24) is 14.8 Å². The molecule has 0 bridgehead atoms. The lowest BCUT2D eigenvalue weighted by molar-refractivity contribution is -0.131. The molecule has 2 heterocycles.